The zero-order valence-corrected chi connectivity index (χ0v) is 17.4. The topological polar surface area (TPSA) is 90.0 Å². The fraction of sp³-hybridized carbons (Fsp3) is 0.600. The molecule has 4 rings (SSSR count). The minimum Gasteiger partial charge on any atom is -0.338 e. The van der Waals surface area contributed by atoms with Crippen LogP contribution in [0, 0.1) is 5.92 Å². The third-order valence-electron chi connectivity index (χ3n) is 6.45. The van der Waals surface area contributed by atoms with E-state index in [9.17, 15) is 19.2 Å². The molecule has 1 aromatic heterocycles. The maximum Gasteiger partial charge on any atom is 0.325 e. The average Bonchev–Trinajstić information content (AvgIpc) is 3.34. The number of nitrogens with zero attached hydrogens (tertiary/aromatic N) is 3. The molecule has 2 aliphatic heterocycles. The Morgan fingerprint density at radius 2 is 1.90 bits per heavy atom. The van der Waals surface area contributed by atoms with Crippen LogP contribution in [0.25, 0.3) is 0 Å². The van der Waals surface area contributed by atoms with Crippen LogP contribution in [-0.2, 0) is 9.59 Å². The summed E-state index contributed by atoms with van der Waals surface area (Å²) in [6, 6.07) is 3.17. The molecule has 1 saturated carbocycles. The SMILES string of the molecule is C[C@H]1CCCC[C@]12NC(=O)N(CC(=O)N1CCN(C(=O)c3cccs3)CC1)C2=O. The predicted octanol–water partition coefficient (Wildman–Crippen LogP) is 1.53. The van der Waals surface area contributed by atoms with Crippen LogP contribution in [-0.4, -0.2) is 76.7 Å². The largest absolute Gasteiger partial charge is 0.338 e. The van der Waals surface area contributed by atoms with Crippen LogP contribution in [0.3, 0.4) is 0 Å². The van der Waals surface area contributed by atoms with Crippen molar-refractivity contribution in [3.05, 3.63) is 22.4 Å². The van der Waals surface area contributed by atoms with Gasteiger partial charge in [-0.05, 0) is 30.2 Å². The van der Waals surface area contributed by atoms with Crippen molar-refractivity contribution in [1.82, 2.24) is 20.0 Å². The number of carbonyl (C=O) groups excluding carboxylic acids is 4. The van der Waals surface area contributed by atoms with Crippen molar-refractivity contribution in [1.29, 1.82) is 0 Å². The van der Waals surface area contributed by atoms with E-state index in [4.69, 9.17) is 0 Å². The number of amides is 5. The third-order valence-corrected chi connectivity index (χ3v) is 7.30. The van der Waals surface area contributed by atoms with Crippen molar-refractivity contribution in [2.75, 3.05) is 32.7 Å². The molecule has 2 saturated heterocycles. The number of nitrogens with one attached hydrogen (secondary N) is 1. The second-order valence-corrected chi connectivity index (χ2v) is 9.04. The van der Waals surface area contributed by atoms with Crippen molar-refractivity contribution in [2.24, 2.45) is 5.92 Å². The predicted molar refractivity (Wildman–Crippen MR) is 107 cm³/mol. The molecule has 9 heteroatoms. The quantitative estimate of drug-likeness (QED) is 0.754. The van der Waals surface area contributed by atoms with E-state index < -0.39 is 11.6 Å². The lowest BCUT2D eigenvalue weighted by atomic mass is 9.73. The van der Waals surface area contributed by atoms with Crippen molar-refractivity contribution in [3.63, 3.8) is 0 Å². The van der Waals surface area contributed by atoms with E-state index in [1.807, 2.05) is 18.4 Å². The van der Waals surface area contributed by atoms with E-state index in [0.717, 1.165) is 24.2 Å². The van der Waals surface area contributed by atoms with Gasteiger partial charge >= 0.3 is 6.03 Å². The van der Waals surface area contributed by atoms with Crippen molar-refractivity contribution < 1.29 is 19.2 Å². The summed E-state index contributed by atoms with van der Waals surface area (Å²) in [5.41, 5.74) is -0.846. The maximum atomic E-state index is 13.0. The lowest BCUT2D eigenvalue weighted by molar-refractivity contribution is -0.141. The highest BCUT2D eigenvalue weighted by Crippen LogP contribution is 2.38. The van der Waals surface area contributed by atoms with Gasteiger partial charge in [-0.2, -0.15) is 0 Å². The smallest absolute Gasteiger partial charge is 0.325 e. The number of piperazine rings is 1. The molecule has 3 fully saturated rings. The second kappa shape index (κ2) is 7.78. The van der Waals surface area contributed by atoms with Gasteiger partial charge in [-0.3, -0.25) is 19.3 Å². The summed E-state index contributed by atoms with van der Waals surface area (Å²) in [7, 11) is 0. The number of carbonyl (C=O) groups is 4. The molecule has 1 N–H and O–H groups in total. The van der Waals surface area contributed by atoms with Crippen LogP contribution in [0.5, 0.6) is 0 Å². The highest BCUT2D eigenvalue weighted by atomic mass is 32.1. The fourth-order valence-corrected chi connectivity index (χ4v) is 5.28. The molecule has 0 unspecified atom stereocenters. The molecule has 1 spiro atoms. The van der Waals surface area contributed by atoms with Crippen LogP contribution in [0.4, 0.5) is 4.79 Å². The summed E-state index contributed by atoms with van der Waals surface area (Å²) in [6.45, 7) is 3.46. The molecule has 5 amide bonds. The normalized spacial score (nSPS) is 27.5. The number of urea groups is 1. The number of rotatable bonds is 3. The number of thiophene rings is 1. The van der Waals surface area contributed by atoms with Gasteiger partial charge in [0.2, 0.25) is 5.91 Å². The molecule has 0 bridgehead atoms. The summed E-state index contributed by atoms with van der Waals surface area (Å²) in [5.74, 6) is -0.471. The Bertz CT molecular complexity index is 818. The van der Waals surface area contributed by atoms with Crippen LogP contribution in [0.15, 0.2) is 17.5 Å². The highest BCUT2D eigenvalue weighted by Gasteiger charge is 2.55. The highest BCUT2D eigenvalue weighted by molar-refractivity contribution is 7.12. The van der Waals surface area contributed by atoms with Gasteiger partial charge in [0.05, 0.1) is 4.88 Å². The molecule has 156 valence electrons. The summed E-state index contributed by atoms with van der Waals surface area (Å²) >= 11 is 1.40. The zero-order valence-electron chi connectivity index (χ0n) is 16.6. The van der Waals surface area contributed by atoms with Gasteiger partial charge in [0.1, 0.15) is 12.1 Å². The molecule has 0 aromatic carbocycles. The van der Waals surface area contributed by atoms with Gasteiger partial charge in [0.25, 0.3) is 11.8 Å². The second-order valence-electron chi connectivity index (χ2n) is 8.09. The van der Waals surface area contributed by atoms with E-state index in [1.165, 1.54) is 11.3 Å². The lowest BCUT2D eigenvalue weighted by Crippen LogP contribution is -2.55. The molecule has 29 heavy (non-hydrogen) atoms. The Morgan fingerprint density at radius 1 is 1.17 bits per heavy atom. The molecule has 1 aromatic rings. The van der Waals surface area contributed by atoms with Gasteiger partial charge in [-0.15, -0.1) is 11.3 Å². The van der Waals surface area contributed by atoms with Crippen LogP contribution in [0.1, 0.15) is 42.3 Å². The van der Waals surface area contributed by atoms with E-state index in [-0.39, 0.29) is 30.2 Å². The molecule has 1 aliphatic carbocycles. The first-order chi connectivity index (χ1) is 13.9. The molecule has 3 aliphatic rings. The van der Waals surface area contributed by atoms with Gasteiger partial charge in [0.15, 0.2) is 0 Å². The van der Waals surface area contributed by atoms with Gasteiger partial charge in [0, 0.05) is 26.2 Å². The first-order valence-corrected chi connectivity index (χ1v) is 11.0. The van der Waals surface area contributed by atoms with Crippen LogP contribution in [0.2, 0.25) is 0 Å². The molecule has 2 atom stereocenters. The fourth-order valence-electron chi connectivity index (χ4n) is 4.59. The van der Waals surface area contributed by atoms with Crippen LogP contribution < -0.4 is 5.32 Å². The van der Waals surface area contributed by atoms with Gasteiger partial charge in [-0.25, -0.2) is 4.79 Å². The van der Waals surface area contributed by atoms with Crippen molar-refractivity contribution in [3.8, 4) is 0 Å². The maximum absolute atomic E-state index is 13.0. The minimum atomic E-state index is -0.846. The molecule has 0 radical (unpaired) electrons. The molecular weight excluding hydrogens is 392 g/mol. The Kier molecular flexibility index (Phi) is 5.33. The Labute approximate surface area is 173 Å². The first-order valence-electron chi connectivity index (χ1n) is 10.2. The van der Waals surface area contributed by atoms with E-state index in [0.29, 0.717) is 37.5 Å². The van der Waals surface area contributed by atoms with E-state index in [1.54, 1.807) is 15.9 Å². The lowest BCUT2D eigenvalue weighted by Gasteiger charge is -2.37. The van der Waals surface area contributed by atoms with Crippen molar-refractivity contribution in [2.45, 2.75) is 38.1 Å². The average molecular weight is 419 g/mol. The van der Waals surface area contributed by atoms with Gasteiger partial charge in [-0.1, -0.05) is 25.8 Å². The summed E-state index contributed by atoms with van der Waals surface area (Å²) < 4.78 is 0. The minimum absolute atomic E-state index is 0.0191. The standard InChI is InChI=1S/C20H26N4O4S/c1-14-5-2-3-7-20(14)18(27)24(19(28)21-20)13-16(25)22-8-10-23(11-9-22)17(26)15-6-4-12-29-15/h4,6,12,14H,2-3,5,7-11,13H2,1H3,(H,21,28)/t14-,20-/m0/s1. The number of imide groups is 1. The summed E-state index contributed by atoms with van der Waals surface area (Å²) in [6.07, 6.45) is 3.48. The Balaban J connectivity index is 1.35. The number of hydrogen-bond donors (Lipinski definition) is 1. The zero-order chi connectivity index (χ0) is 20.6. The third kappa shape index (κ3) is 3.52. The molecule has 3 heterocycles. The van der Waals surface area contributed by atoms with E-state index in [2.05, 4.69) is 5.32 Å². The van der Waals surface area contributed by atoms with Crippen molar-refractivity contribution >= 4 is 35.1 Å². The number of hydrogen-bond acceptors (Lipinski definition) is 5. The Morgan fingerprint density at radius 3 is 2.55 bits per heavy atom. The van der Waals surface area contributed by atoms with E-state index >= 15 is 0 Å². The summed E-state index contributed by atoms with van der Waals surface area (Å²) in [4.78, 5) is 55.8. The van der Waals surface area contributed by atoms with Crippen LogP contribution >= 0.6 is 11.3 Å². The molecular formula is C20H26N4O4S. The Hall–Kier alpha value is -2.42. The first kappa shape index (κ1) is 19.9. The summed E-state index contributed by atoms with van der Waals surface area (Å²) in [5, 5.41) is 4.75. The van der Waals surface area contributed by atoms with Gasteiger partial charge < -0.3 is 15.1 Å². The monoisotopic (exact) mass is 418 g/mol. The molecule has 8 nitrogen and oxygen atoms in total.